The van der Waals surface area contributed by atoms with E-state index in [1.165, 1.54) is 5.69 Å². The van der Waals surface area contributed by atoms with Gasteiger partial charge in [-0.2, -0.15) is 0 Å². The van der Waals surface area contributed by atoms with Gasteiger partial charge in [0.2, 0.25) is 11.8 Å². The minimum absolute atomic E-state index is 0.0620. The molecule has 2 saturated heterocycles. The van der Waals surface area contributed by atoms with E-state index in [0.717, 1.165) is 31.9 Å². The predicted octanol–water partition coefficient (Wildman–Crippen LogP) is 0.903. The van der Waals surface area contributed by atoms with Crippen molar-refractivity contribution in [3.8, 4) is 0 Å². The lowest BCUT2D eigenvalue weighted by Gasteiger charge is -2.34. The maximum Gasteiger partial charge on any atom is 0.232 e. The molecule has 1 unspecified atom stereocenters. The molecule has 2 heterocycles. The van der Waals surface area contributed by atoms with Gasteiger partial charge in [0.15, 0.2) is 0 Å². The summed E-state index contributed by atoms with van der Waals surface area (Å²) in [5, 5.41) is 5.65. The third-order valence-corrected chi connectivity index (χ3v) is 4.77. The summed E-state index contributed by atoms with van der Waals surface area (Å²) < 4.78 is 0. The molecule has 1 aromatic rings. The SMILES string of the molecule is CN1CCN(c2ccc(NC(=O)C3(C)CNC(=O)C3)cc2)CC1. The summed E-state index contributed by atoms with van der Waals surface area (Å²) >= 11 is 0. The zero-order valence-corrected chi connectivity index (χ0v) is 13.8. The average Bonchev–Trinajstić information content (AvgIpc) is 2.90. The molecule has 2 fully saturated rings. The molecule has 0 saturated carbocycles. The van der Waals surface area contributed by atoms with Crippen LogP contribution in [0.25, 0.3) is 0 Å². The van der Waals surface area contributed by atoms with Crippen LogP contribution in [-0.2, 0) is 9.59 Å². The molecule has 124 valence electrons. The van der Waals surface area contributed by atoms with E-state index in [1.807, 2.05) is 31.2 Å². The fourth-order valence-corrected chi connectivity index (χ4v) is 3.04. The third-order valence-electron chi connectivity index (χ3n) is 4.77. The fraction of sp³-hybridized carbons (Fsp3) is 0.529. The van der Waals surface area contributed by atoms with E-state index in [1.54, 1.807) is 0 Å². The van der Waals surface area contributed by atoms with Crippen molar-refractivity contribution in [2.75, 3.05) is 50.0 Å². The van der Waals surface area contributed by atoms with Gasteiger partial charge in [-0.25, -0.2) is 0 Å². The van der Waals surface area contributed by atoms with Crippen LogP contribution in [0.5, 0.6) is 0 Å². The van der Waals surface area contributed by atoms with Gasteiger partial charge in [0.25, 0.3) is 0 Å². The van der Waals surface area contributed by atoms with E-state index in [-0.39, 0.29) is 18.2 Å². The minimum Gasteiger partial charge on any atom is -0.369 e. The van der Waals surface area contributed by atoms with Crippen molar-refractivity contribution in [1.29, 1.82) is 0 Å². The number of benzene rings is 1. The molecule has 2 amide bonds. The molecule has 6 heteroatoms. The number of hydrogen-bond donors (Lipinski definition) is 2. The summed E-state index contributed by atoms with van der Waals surface area (Å²) in [4.78, 5) is 28.4. The summed E-state index contributed by atoms with van der Waals surface area (Å²) in [5.41, 5.74) is 1.29. The van der Waals surface area contributed by atoms with Crippen LogP contribution in [0.2, 0.25) is 0 Å². The first-order valence-electron chi connectivity index (χ1n) is 8.08. The molecule has 0 aliphatic carbocycles. The summed E-state index contributed by atoms with van der Waals surface area (Å²) in [6.07, 6.45) is 0.248. The molecule has 2 N–H and O–H groups in total. The first-order chi connectivity index (χ1) is 11.0. The first-order valence-corrected chi connectivity index (χ1v) is 8.08. The predicted molar refractivity (Wildman–Crippen MR) is 90.5 cm³/mol. The van der Waals surface area contributed by atoms with Crippen molar-refractivity contribution >= 4 is 23.2 Å². The molecule has 0 spiro atoms. The van der Waals surface area contributed by atoms with Gasteiger partial charge in [0.05, 0.1) is 5.41 Å². The number of anilines is 2. The van der Waals surface area contributed by atoms with Crippen LogP contribution < -0.4 is 15.5 Å². The van der Waals surface area contributed by atoms with Gasteiger partial charge in [-0.1, -0.05) is 0 Å². The second-order valence-electron chi connectivity index (χ2n) is 6.81. The number of amides is 2. The lowest BCUT2D eigenvalue weighted by atomic mass is 9.88. The van der Waals surface area contributed by atoms with Gasteiger partial charge < -0.3 is 20.4 Å². The molecule has 1 aromatic carbocycles. The molecule has 0 radical (unpaired) electrons. The van der Waals surface area contributed by atoms with Gasteiger partial charge in [0, 0.05) is 50.5 Å². The Bertz CT molecular complexity index is 593. The number of likely N-dealkylation sites (N-methyl/N-ethyl adjacent to an activating group) is 1. The van der Waals surface area contributed by atoms with Crippen molar-refractivity contribution < 1.29 is 9.59 Å². The number of carbonyl (C=O) groups excluding carboxylic acids is 2. The van der Waals surface area contributed by atoms with Gasteiger partial charge in [0.1, 0.15) is 0 Å². The Hall–Kier alpha value is -2.08. The Balaban J connectivity index is 1.61. The molecular formula is C17H24N4O2. The average molecular weight is 316 g/mol. The van der Waals surface area contributed by atoms with Crippen molar-refractivity contribution in [1.82, 2.24) is 10.2 Å². The first kappa shape index (κ1) is 15.8. The van der Waals surface area contributed by atoms with Gasteiger partial charge in [-0.15, -0.1) is 0 Å². The van der Waals surface area contributed by atoms with E-state index >= 15 is 0 Å². The molecule has 6 nitrogen and oxygen atoms in total. The van der Waals surface area contributed by atoms with Crippen LogP contribution in [0.15, 0.2) is 24.3 Å². The van der Waals surface area contributed by atoms with Crippen LogP contribution >= 0.6 is 0 Å². The van der Waals surface area contributed by atoms with Crippen molar-refractivity contribution in [2.45, 2.75) is 13.3 Å². The molecule has 0 bridgehead atoms. The highest BCUT2D eigenvalue weighted by Crippen LogP contribution is 2.27. The number of nitrogens with one attached hydrogen (secondary N) is 2. The summed E-state index contributed by atoms with van der Waals surface area (Å²) in [7, 11) is 2.14. The Morgan fingerprint density at radius 2 is 1.83 bits per heavy atom. The van der Waals surface area contributed by atoms with Gasteiger partial charge in [-0.3, -0.25) is 9.59 Å². The highest BCUT2D eigenvalue weighted by atomic mass is 16.2. The smallest absolute Gasteiger partial charge is 0.232 e. The molecule has 2 aliphatic rings. The summed E-state index contributed by atoms with van der Waals surface area (Å²) in [5.74, 6) is -0.170. The Morgan fingerprint density at radius 1 is 1.17 bits per heavy atom. The number of hydrogen-bond acceptors (Lipinski definition) is 4. The van der Waals surface area contributed by atoms with E-state index in [9.17, 15) is 9.59 Å². The van der Waals surface area contributed by atoms with Gasteiger partial charge >= 0.3 is 0 Å². The van der Waals surface area contributed by atoms with Crippen LogP contribution in [0, 0.1) is 5.41 Å². The minimum atomic E-state index is -0.660. The van der Waals surface area contributed by atoms with Gasteiger partial charge in [-0.05, 0) is 38.2 Å². The van der Waals surface area contributed by atoms with Crippen molar-refractivity contribution in [3.63, 3.8) is 0 Å². The molecule has 23 heavy (non-hydrogen) atoms. The van der Waals surface area contributed by atoms with Crippen molar-refractivity contribution in [3.05, 3.63) is 24.3 Å². The molecule has 1 atom stereocenters. The monoisotopic (exact) mass is 316 g/mol. The fourth-order valence-electron chi connectivity index (χ4n) is 3.04. The quantitative estimate of drug-likeness (QED) is 0.870. The number of carbonyl (C=O) groups is 2. The second-order valence-corrected chi connectivity index (χ2v) is 6.81. The standard InChI is InChI=1S/C17H24N4O2/c1-17(11-15(22)18-12-17)16(23)19-13-3-5-14(6-4-13)21-9-7-20(2)8-10-21/h3-6H,7-12H2,1-2H3,(H,18,22)(H,19,23). The molecule has 0 aromatic heterocycles. The second kappa shape index (κ2) is 6.20. The zero-order chi connectivity index (χ0) is 16.4. The molecule has 2 aliphatic heterocycles. The maximum atomic E-state index is 12.4. The van der Waals surface area contributed by atoms with Crippen LogP contribution in [-0.4, -0.2) is 56.5 Å². The highest BCUT2D eigenvalue weighted by molar-refractivity contribution is 5.99. The van der Waals surface area contributed by atoms with Crippen LogP contribution in [0.1, 0.15) is 13.3 Å². The zero-order valence-electron chi connectivity index (χ0n) is 13.8. The number of piperazine rings is 1. The van der Waals surface area contributed by atoms with Crippen molar-refractivity contribution in [2.24, 2.45) is 5.41 Å². The Kier molecular flexibility index (Phi) is 4.26. The van der Waals surface area contributed by atoms with E-state index < -0.39 is 5.41 Å². The summed E-state index contributed by atoms with van der Waals surface area (Å²) in [6, 6.07) is 7.95. The Labute approximate surface area is 136 Å². The van der Waals surface area contributed by atoms with Crippen LogP contribution in [0.3, 0.4) is 0 Å². The van der Waals surface area contributed by atoms with E-state index in [0.29, 0.717) is 6.54 Å². The molecular weight excluding hydrogens is 292 g/mol. The normalized spacial score (nSPS) is 25.3. The number of rotatable bonds is 3. The Morgan fingerprint density at radius 3 is 2.39 bits per heavy atom. The summed E-state index contributed by atoms with van der Waals surface area (Å²) in [6.45, 7) is 6.40. The molecule has 3 rings (SSSR count). The highest BCUT2D eigenvalue weighted by Gasteiger charge is 2.40. The topological polar surface area (TPSA) is 64.7 Å². The van der Waals surface area contributed by atoms with E-state index in [4.69, 9.17) is 0 Å². The van der Waals surface area contributed by atoms with E-state index in [2.05, 4.69) is 27.5 Å². The maximum absolute atomic E-state index is 12.4. The lowest BCUT2D eigenvalue weighted by molar-refractivity contribution is -0.126. The van der Waals surface area contributed by atoms with Crippen LogP contribution in [0.4, 0.5) is 11.4 Å². The third kappa shape index (κ3) is 3.47. The number of nitrogens with zero attached hydrogens (tertiary/aromatic N) is 2. The largest absolute Gasteiger partial charge is 0.369 e. The lowest BCUT2D eigenvalue weighted by Crippen LogP contribution is -2.44.